The van der Waals surface area contributed by atoms with Gasteiger partial charge in [-0.2, -0.15) is 0 Å². The largest absolute Gasteiger partial charge is 0.508 e. The fourth-order valence-electron chi connectivity index (χ4n) is 2.50. The molecule has 0 aliphatic heterocycles. The van der Waals surface area contributed by atoms with E-state index in [2.05, 4.69) is 26.0 Å². The zero-order valence-corrected chi connectivity index (χ0v) is 12.9. The van der Waals surface area contributed by atoms with Gasteiger partial charge in [-0.25, -0.2) is 0 Å². The molecule has 0 saturated carbocycles. The van der Waals surface area contributed by atoms with Gasteiger partial charge in [-0.15, -0.1) is 0 Å². The van der Waals surface area contributed by atoms with Crippen LogP contribution in [0.1, 0.15) is 29.2 Å². The molecule has 1 atom stereocenters. The van der Waals surface area contributed by atoms with Crippen LogP contribution in [0.2, 0.25) is 0 Å². The number of hydrogen-bond acceptors (Lipinski definition) is 3. The third-order valence-corrected chi connectivity index (χ3v) is 3.40. The summed E-state index contributed by atoms with van der Waals surface area (Å²) in [6.45, 7) is 6.63. The van der Waals surface area contributed by atoms with Crippen LogP contribution in [0.3, 0.4) is 0 Å². The summed E-state index contributed by atoms with van der Waals surface area (Å²) in [7, 11) is 0. The molecule has 0 aliphatic rings. The van der Waals surface area contributed by atoms with Crippen LogP contribution < -0.4 is 10.5 Å². The molecule has 2 rings (SSSR count). The molecule has 2 aromatic carbocycles. The Labute approximate surface area is 126 Å². The second-order valence-corrected chi connectivity index (χ2v) is 5.70. The molecule has 0 amide bonds. The Morgan fingerprint density at radius 3 is 2.14 bits per heavy atom. The van der Waals surface area contributed by atoms with E-state index in [9.17, 15) is 5.11 Å². The summed E-state index contributed by atoms with van der Waals surface area (Å²) in [5.74, 6) is 1.20. The molecule has 0 heterocycles. The normalized spacial score (nSPS) is 12.2. The minimum atomic E-state index is 0.160. The van der Waals surface area contributed by atoms with Crippen molar-refractivity contribution in [1.82, 2.24) is 0 Å². The molecule has 0 saturated heterocycles. The van der Waals surface area contributed by atoms with Gasteiger partial charge in [0.2, 0.25) is 0 Å². The van der Waals surface area contributed by atoms with Crippen molar-refractivity contribution in [2.45, 2.75) is 39.8 Å². The highest BCUT2D eigenvalue weighted by atomic mass is 16.5. The molecule has 0 fully saturated rings. The third-order valence-electron chi connectivity index (χ3n) is 3.40. The number of ether oxygens (including phenoxy) is 1. The van der Waals surface area contributed by atoms with Crippen molar-refractivity contribution in [3.8, 4) is 11.5 Å². The molecular weight excluding hydrogens is 262 g/mol. The van der Waals surface area contributed by atoms with Crippen LogP contribution in [-0.4, -0.2) is 11.1 Å². The molecule has 2 aromatic rings. The average molecular weight is 285 g/mol. The molecule has 3 heteroatoms. The molecule has 1 unspecified atom stereocenters. The molecule has 0 aromatic heterocycles. The Morgan fingerprint density at radius 1 is 1.05 bits per heavy atom. The summed E-state index contributed by atoms with van der Waals surface area (Å²) in [6.07, 6.45) is 0.875. The smallest absolute Gasteiger partial charge is 0.125 e. The second-order valence-electron chi connectivity index (χ2n) is 5.70. The van der Waals surface area contributed by atoms with E-state index in [0.717, 1.165) is 28.9 Å². The minimum absolute atomic E-state index is 0.160. The quantitative estimate of drug-likeness (QED) is 0.884. The van der Waals surface area contributed by atoms with Crippen LogP contribution in [0.15, 0.2) is 36.4 Å². The molecule has 0 bridgehead atoms. The van der Waals surface area contributed by atoms with Crippen LogP contribution in [0.4, 0.5) is 0 Å². The van der Waals surface area contributed by atoms with Gasteiger partial charge < -0.3 is 15.6 Å². The van der Waals surface area contributed by atoms with Crippen molar-refractivity contribution >= 4 is 0 Å². The Bertz CT molecular complexity index is 580. The van der Waals surface area contributed by atoms with E-state index < -0.39 is 0 Å². The summed E-state index contributed by atoms with van der Waals surface area (Å²) in [6, 6.07) is 11.5. The van der Waals surface area contributed by atoms with Gasteiger partial charge in [0.1, 0.15) is 18.1 Å². The maximum absolute atomic E-state index is 9.28. The number of aryl methyl sites for hydroxylation is 2. The molecule has 3 nitrogen and oxygen atoms in total. The van der Waals surface area contributed by atoms with E-state index in [1.807, 2.05) is 19.1 Å². The van der Waals surface area contributed by atoms with Gasteiger partial charge in [-0.1, -0.05) is 24.3 Å². The first kappa shape index (κ1) is 15.4. The predicted octanol–water partition coefficient (Wildman–Crippen LogP) is 3.48. The van der Waals surface area contributed by atoms with Gasteiger partial charge in [-0.05, 0) is 61.6 Å². The molecule has 0 spiro atoms. The van der Waals surface area contributed by atoms with E-state index in [1.165, 1.54) is 5.56 Å². The topological polar surface area (TPSA) is 55.5 Å². The summed E-state index contributed by atoms with van der Waals surface area (Å²) in [4.78, 5) is 0. The first-order chi connectivity index (χ1) is 9.95. The SMILES string of the molecule is Cc1cc(CC(C)N)cc(C)c1OCc1ccc(O)cc1. The summed E-state index contributed by atoms with van der Waals surface area (Å²) >= 11 is 0. The number of rotatable bonds is 5. The zero-order valence-electron chi connectivity index (χ0n) is 12.9. The number of hydrogen-bond donors (Lipinski definition) is 2. The van der Waals surface area contributed by atoms with Crippen molar-refractivity contribution in [3.63, 3.8) is 0 Å². The van der Waals surface area contributed by atoms with Gasteiger partial charge in [0.25, 0.3) is 0 Å². The number of nitrogens with two attached hydrogens (primary N) is 1. The summed E-state index contributed by atoms with van der Waals surface area (Å²) in [5.41, 5.74) is 10.4. The van der Waals surface area contributed by atoms with Gasteiger partial charge >= 0.3 is 0 Å². The summed E-state index contributed by atoms with van der Waals surface area (Å²) < 4.78 is 5.94. The van der Waals surface area contributed by atoms with E-state index >= 15 is 0 Å². The molecule has 112 valence electrons. The lowest BCUT2D eigenvalue weighted by Crippen LogP contribution is -2.18. The van der Waals surface area contributed by atoms with E-state index in [0.29, 0.717) is 6.61 Å². The van der Waals surface area contributed by atoms with Crippen LogP contribution in [0.5, 0.6) is 11.5 Å². The van der Waals surface area contributed by atoms with Crippen molar-refractivity contribution in [1.29, 1.82) is 0 Å². The Balaban J connectivity index is 2.11. The minimum Gasteiger partial charge on any atom is -0.508 e. The fourth-order valence-corrected chi connectivity index (χ4v) is 2.50. The van der Waals surface area contributed by atoms with Gasteiger partial charge in [0.15, 0.2) is 0 Å². The first-order valence-electron chi connectivity index (χ1n) is 7.22. The standard InChI is InChI=1S/C18H23NO2/c1-12-8-16(10-14(3)19)9-13(2)18(12)21-11-15-4-6-17(20)7-5-15/h4-9,14,20H,10-11,19H2,1-3H3. The Morgan fingerprint density at radius 2 is 1.62 bits per heavy atom. The average Bonchev–Trinajstić information content (AvgIpc) is 2.39. The van der Waals surface area contributed by atoms with Crippen molar-refractivity contribution in [3.05, 3.63) is 58.7 Å². The number of phenolic OH excluding ortho intramolecular Hbond substituents is 1. The lowest BCUT2D eigenvalue weighted by atomic mass is 10.0. The van der Waals surface area contributed by atoms with Crippen LogP contribution in [0, 0.1) is 13.8 Å². The number of benzene rings is 2. The zero-order chi connectivity index (χ0) is 15.4. The summed E-state index contributed by atoms with van der Waals surface area (Å²) in [5, 5.41) is 9.28. The number of aromatic hydroxyl groups is 1. The van der Waals surface area contributed by atoms with Crippen molar-refractivity contribution in [2.24, 2.45) is 5.73 Å². The van der Waals surface area contributed by atoms with E-state index in [-0.39, 0.29) is 11.8 Å². The highest BCUT2D eigenvalue weighted by molar-refractivity contribution is 5.43. The van der Waals surface area contributed by atoms with Crippen LogP contribution in [-0.2, 0) is 13.0 Å². The Hall–Kier alpha value is -2.00. The van der Waals surface area contributed by atoms with Crippen LogP contribution in [0.25, 0.3) is 0 Å². The highest BCUT2D eigenvalue weighted by Gasteiger charge is 2.08. The molecule has 21 heavy (non-hydrogen) atoms. The molecular formula is C18H23NO2. The predicted molar refractivity (Wildman–Crippen MR) is 85.7 cm³/mol. The molecule has 0 aliphatic carbocycles. The van der Waals surface area contributed by atoms with E-state index in [4.69, 9.17) is 10.5 Å². The molecule has 3 N–H and O–H groups in total. The third kappa shape index (κ3) is 4.23. The van der Waals surface area contributed by atoms with E-state index in [1.54, 1.807) is 12.1 Å². The lowest BCUT2D eigenvalue weighted by Gasteiger charge is -2.15. The lowest BCUT2D eigenvalue weighted by molar-refractivity contribution is 0.301. The monoisotopic (exact) mass is 285 g/mol. The van der Waals surface area contributed by atoms with Crippen molar-refractivity contribution < 1.29 is 9.84 Å². The Kier molecular flexibility index (Phi) is 4.86. The highest BCUT2D eigenvalue weighted by Crippen LogP contribution is 2.26. The first-order valence-corrected chi connectivity index (χ1v) is 7.22. The maximum Gasteiger partial charge on any atom is 0.125 e. The van der Waals surface area contributed by atoms with Gasteiger partial charge in [0.05, 0.1) is 0 Å². The van der Waals surface area contributed by atoms with Crippen LogP contribution >= 0.6 is 0 Å². The van der Waals surface area contributed by atoms with Gasteiger partial charge in [-0.3, -0.25) is 0 Å². The second kappa shape index (κ2) is 6.64. The maximum atomic E-state index is 9.28. The fraction of sp³-hybridized carbons (Fsp3) is 0.333. The number of phenols is 1. The van der Waals surface area contributed by atoms with Gasteiger partial charge in [0, 0.05) is 6.04 Å². The molecule has 0 radical (unpaired) electrons. The van der Waals surface area contributed by atoms with Crippen molar-refractivity contribution in [2.75, 3.05) is 0 Å².